The number of piperidine rings is 1. The molecule has 9 heteroatoms. The molecule has 2 aliphatic rings. The van der Waals surface area contributed by atoms with Crippen molar-refractivity contribution in [3.8, 4) is 0 Å². The largest absolute Gasteiger partial charge is 0.384 e. The van der Waals surface area contributed by atoms with Crippen LogP contribution in [0.15, 0.2) is 18.5 Å². The maximum absolute atomic E-state index is 13.0. The van der Waals surface area contributed by atoms with Crippen molar-refractivity contribution in [1.29, 1.82) is 0 Å². The standard InChI is InChI=1S/C16H27N5O3S/c1-24-14-15-5-2-9-21(13-15)25(22,23)20-10-4-8-19(11-12-20)16-17-6-3-7-18-16/h3,6-7,15H,2,4-5,8-14H2,1H3. The van der Waals surface area contributed by atoms with E-state index in [1.165, 1.54) is 0 Å². The van der Waals surface area contributed by atoms with Crippen molar-refractivity contribution in [2.24, 2.45) is 5.92 Å². The van der Waals surface area contributed by atoms with Crippen LogP contribution >= 0.6 is 0 Å². The van der Waals surface area contributed by atoms with Gasteiger partial charge in [0, 0.05) is 58.8 Å². The molecule has 1 atom stereocenters. The fraction of sp³-hybridized carbons (Fsp3) is 0.750. The molecule has 3 rings (SSSR count). The van der Waals surface area contributed by atoms with Crippen LogP contribution in [-0.2, 0) is 14.9 Å². The summed E-state index contributed by atoms with van der Waals surface area (Å²) in [5, 5.41) is 0. The van der Waals surface area contributed by atoms with E-state index in [9.17, 15) is 8.42 Å². The summed E-state index contributed by atoms with van der Waals surface area (Å²) in [7, 11) is -1.75. The number of ether oxygens (including phenoxy) is 1. The van der Waals surface area contributed by atoms with Crippen LogP contribution in [0.3, 0.4) is 0 Å². The summed E-state index contributed by atoms with van der Waals surface area (Å²) in [6, 6.07) is 1.78. The Kier molecular flexibility index (Phi) is 6.21. The molecule has 0 saturated carbocycles. The number of aromatic nitrogens is 2. The first-order valence-electron chi connectivity index (χ1n) is 8.87. The first-order chi connectivity index (χ1) is 12.1. The second-order valence-electron chi connectivity index (χ2n) is 6.62. The van der Waals surface area contributed by atoms with E-state index in [0.717, 1.165) is 25.8 Å². The van der Waals surface area contributed by atoms with Gasteiger partial charge < -0.3 is 9.64 Å². The smallest absolute Gasteiger partial charge is 0.282 e. The summed E-state index contributed by atoms with van der Waals surface area (Å²) in [6.07, 6.45) is 6.12. The zero-order chi connectivity index (χ0) is 17.7. The Morgan fingerprint density at radius 2 is 1.84 bits per heavy atom. The molecule has 0 aromatic carbocycles. The molecule has 0 amide bonds. The van der Waals surface area contributed by atoms with E-state index >= 15 is 0 Å². The molecule has 8 nitrogen and oxygen atoms in total. The first-order valence-corrected chi connectivity index (χ1v) is 10.3. The van der Waals surface area contributed by atoms with E-state index in [1.807, 2.05) is 0 Å². The number of hydrogen-bond acceptors (Lipinski definition) is 6. The third kappa shape index (κ3) is 4.46. The molecular weight excluding hydrogens is 342 g/mol. The minimum Gasteiger partial charge on any atom is -0.384 e. The quantitative estimate of drug-likeness (QED) is 0.756. The van der Waals surface area contributed by atoms with Crippen LogP contribution in [0.25, 0.3) is 0 Å². The Hall–Kier alpha value is -1.29. The average molecular weight is 369 g/mol. The summed E-state index contributed by atoms with van der Waals surface area (Å²) in [4.78, 5) is 10.6. The molecule has 2 fully saturated rings. The Labute approximate surface area is 150 Å². The van der Waals surface area contributed by atoms with Crippen LogP contribution in [0.2, 0.25) is 0 Å². The maximum Gasteiger partial charge on any atom is 0.282 e. The zero-order valence-electron chi connectivity index (χ0n) is 14.7. The van der Waals surface area contributed by atoms with Crippen LogP contribution < -0.4 is 4.90 Å². The van der Waals surface area contributed by atoms with Gasteiger partial charge in [-0.25, -0.2) is 9.97 Å². The van der Waals surface area contributed by atoms with Gasteiger partial charge in [-0.2, -0.15) is 17.0 Å². The minimum atomic E-state index is -3.42. The van der Waals surface area contributed by atoms with E-state index in [0.29, 0.717) is 45.3 Å². The highest BCUT2D eigenvalue weighted by molar-refractivity contribution is 7.86. The monoisotopic (exact) mass is 369 g/mol. The highest BCUT2D eigenvalue weighted by Gasteiger charge is 2.34. The van der Waals surface area contributed by atoms with E-state index in [2.05, 4.69) is 14.9 Å². The van der Waals surface area contributed by atoms with Gasteiger partial charge in [0.1, 0.15) is 0 Å². The number of rotatable bonds is 5. The van der Waals surface area contributed by atoms with Gasteiger partial charge in [-0.3, -0.25) is 0 Å². The molecule has 2 aliphatic heterocycles. The van der Waals surface area contributed by atoms with Gasteiger partial charge in [0.05, 0.1) is 6.61 Å². The highest BCUT2D eigenvalue weighted by Crippen LogP contribution is 2.22. The molecule has 0 N–H and O–H groups in total. The van der Waals surface area contributed by atoms with E-state index in [-0.39, 0.29) is 5.92 Å². The SMILES string of the molecule is COCC1CCCN(S(=O)(=O)N2CCCN(c3ncccn3)CC2)C1. The highest BCUT2D eigenvalue weighted by atomic mass is 32.2. The molecule has 0 aliphatic carbocycles. The Balaban J connectivity index is 1.64. The molecule has 1 aromatic rings. The van der Waals surface area contributed by atoms with Crippen molar-refractivity contribution in [2.45, 2.75) is 19.3 Å². The normalized spacial score (nSPS) is 24.2. The number of nitrogens with zero attached hydrogens (tertiary/aromatic N) is 5. The third-order valence-corrected chi connectivity index (χ3v) is 6.83. The van der Waals surface area contributed by atoms with E-state index in [1.54, 1.807) is 34.2 Å². The molecule has 25 heavy (non-hydrogen) atoms. The molecule has 0 spiro atoms. The molecule has 1 unspecified atom stereocenters. The van der Waals surface area contributed by atoms with Crippen molar-refractivity contribution < 1.29 is 13.2 Å². The van der Waals surface area contributed by atoms with E-state index in [4.69, 9.17) is 4.74 Å². The van der Waals surface area contributed by atoms with Crippen molar-refractivity contribution in [2.75, 3.05) is 57.9 Å². The van der Waals surface area contributed by atoms with E-state index < -0.39 is 10.2 Å². The first kappa shape index (κ1) is 18.5. The summed E-state index contributed by atoms with van der Waals surface area (Å²) >= 11 is 0. The van der Waals surface area contributed by atoms with Crippen LogP contribution in [0.1, 0.15) is 19.3 Å². The van der Waals surface area contributed by atoms with Crippen LogP contribution in [0.5, 0.6) is 0 Å². The van der Waals surface area contributed by atoms with Crippen LogP contribution in [0, 0.1) is 5.92 Å². The van der Waals surface area contributed by atoms with Crippen molar-refractivity contribution in [3.63, 3.8) is 0 Å². The molecule has 3 heterocycles. The van der Waals surface area contributed by atoms with Crippen LogP contribution in [-0.4, -0.2) is 80.0 Å². The van der Waals surface area contributed by atoms with Gasteiger partial charge in [0.2, 0.25) is 5.95 Å². The van der Waals surface area contributed by atoms with Gasteiger partial charge in [0.25, 0.3) is 10.2 Å². The Morgan fingerprint density at radius 3 is 2.60 bits per heavy atom. The third-order valence-electron chi connectivity index (χ3n) is 4.83. The second-order valence-corrected chi connectivity index (χ2v) is 8.55. The van der Waals surface area contributed by atoms with Crippen LogP contribution in [0.4, 0.5) is 5.95 Å². The summed E-state index contributed by atoms with van der Waals surface area (Å²) in [5.74, 6) is 0.953. The van der Waals surface area contributed by atoms with Gasteiger partial charge in [-0.15, -0.1) is 0 Å². The van der Waals surface area contributed by atoms with Gasteiger partial charge in [-0.05, 0) is 31.2 Å². The number of hydrogen-bond donors (Lipinski definition) is 0. The Bertz CT molecular complexity index is 640. The maximum atomic E-state index is 13.0. The second kappa shape index (κ2) is 8.39. The summed E-state index contributed by atoms with van der Waals surface area (Å²) in [5.41, 5.74) is 0. The lowest BCUT2D eigenvalue weighted by molar-refractivity contribution is 0.116. The van der Waals surface area contributed by atoms with Gasteiger partial charge >= 0.3 is 0 Å². The van der Waals surface area contributed by atoms with Crippen molar-refractivity contribution in [3.05, 3.63) is 18.5 Å². The summed E-state index contributed by atoms with van der Waals surface area (Å²) in [6.45, 7) is 4.15. The fourth-order valence-corrected chi connectivity index (χ4v) is 5.31. The average Bonchev–Trinajstić information content (AvgIpc) is 2.90. The lowest BCUT2D eigenvalue weighted by Crippen LogP contribution is -2.49. The van der Waals surface area contributed by atoms with Crippen molar-refractivity contribution >= 4 is 16.2 Å². The fourth-order valence-electron chi connectivity index (χ4n) is 3.55. The van der Waals surface area contributed by atoms with Gasteiger partial charge in [0.15, 0.2) is 0 Å². The molecule has 0 bridgehead atoms. The topological polar surface area (TPSA) is 78.9 Å². The molecule has 0 radical (unpaired) electrons. The Morgan fingerprint density at radius 1 is 1.08 bits per heavy atom. The number of methoxy groups -OCH3 is 1. The minimum absolute atomic E-state index is 0.287. The summed E-state index contributed by atoms with van der Waals surface area (Å²) < 4.78 is 34.6. The molecular formula is C16H27N5O3S. The zero-order valence-corrected chi connectivity index (χ0v) is 15.6. The predicted octanol–water partition coefficient (Wildman–Crippen LogP) is 0.592. The lowest BCUT2D eigenvalue weighted by atomic mass is 10.0. The molecule has 140 valence electrons. The van der Waals surface area contributed by atoms with Gasteiger partial charge in [-0.1, -0.05) is 0 Å². The molecule has 2 saturated heterocycles. The lowest BCUT2D eigenvalue weighted by Gasteiger charge is -2.35. The number of anilines is 1. The van der Waals surface area contributed by atoms with Crippen molar-refractivity contribution in [1.82, 2.24) is 18.6 Å². The predicted molar refractivity (Wildman–Crippen MR) is 95.5 cm³/mol. The molecule has 1 aromatic heterocycles.